The van der Waals surface area contributed by atoms with Gasteiger partial charge in [-0.15, -0.1) is 0 Å². The first-order valence-corrected chi connectivity index (χ1v) is 12.3. The summed E-state index contributed by atoms with van der Waals surface area (Å²) in [5, 5.41) is 11.3. The van der Waals surface area contributed by atoms with Crippen LogP contribution in [0.5, 0.6) is 5.75 Å². The van der Waals surface area contributed by atoms with E-state index in [0.29, 0.717) is 31.1 Å². The third-order valence-electron chi connectivity index (χ3n) is 5.73. The van der Waals surface area contributed by atoms with Crippen LogP contribution >= 0.6 is 15.9 Å². The molecule has 1 atom stereocenters. The molecule has 1 amide bonds. The van der Waals surface area contributed by atoms with Gasteiger partial charge in [0.05, 0.1) is 18.2 Å². The van der Waals surface area contributed by atoms with E-state index in [2.05, 4.69) is 29.8 Å². The number of carbonyl (C=O) groups is 2. The second-order valence-corrected chi connectivity index (χ2v) is 10.3. The van der Waals surface area contributed by atoms with Gasteiger partial charge in [-0.1, -0.05) is 41.9 Å². The molecule has 0 saturated carbocycles. The molecule has 0 unspecified atom stereocenters. The molecule has 3 rings (SSSR count). The van der Waals surface area contributed by atoms with E-state index >= 15 is 0 Å². The molecule has 34 heavy (non-hydrogen) atoms. The van der Waals surface area contributed by atoms with Gasteiger partial charge in [-0.25, -0.2) is 0 Å². The first-order valence-electron chi connectivity index (χ1n) is 11.5. The number of carbonyl (C=O) groups excluding carboxylic acids is 2. The highest BCUT2D eigenvalue weighted by atomic mass is 79.9. The molecule has 1 N–H and O–H groups in total. The quantitative estimate of drug-likeness (QED) is 0.276. The third kappa shape index (κ3) is 5.88. The van der Waals surface area contributed by atoms with E-state index in [-0.39, 0.29) is 11.3 Å². The molecule has 2 aromatic carbocycles. The van der Waals surface area contributed by atoms with Crippen molar-refractivity contribution in [3.05, 3.63) is 69.2 Å². The van der Waals surface area contributed by atoms with Crippen molar-refractivity contribution in [2.75, 3.05) is 33.8 Å². The van der Waals surface area contributed by atoms with E-state index in [1.165, 1.54) is 0 Å². The van der Waals surface area contributed by atoms with Crippen LogP contribution < -0.4 is 4.74 Å². The average Bonchev–Trinajstić information content (AvgIpc) is 3.02. The van der Waals surface area contributed by atoms with Gasteiger partial charge in [0.1, 0.15) is 11.5 Å². The average molecular weight is 529 g/mol. The van der Waals surface area contributed by atoms with Crippen LogP contribution in [0.25, 0.3) is 5.76 Å². The Morgan fingerprint density at radius 3 is 2.53 bits per heavy atom. The van der Waals surface area contributed by atoms with Gasteiger partial charge >= 0.3 is 0 Å². The molecule has 0 aromatic heterocycles. The van der Waals surface area contributed by atoms with Crippen molar-refractivity contribution in [3.63, 3.8) is 0 Å². The number of hydrogen-bond donors (Lipinski definition) is 1. The molecule has 0 aliphatic carbocycles. The van der Waals surface area contributed by atoms with E-state index in [9.17, 15) is 14.7 Å². The maximum Gasteiger partial charge on any atom is 0.295 e. The normalized spacial score (nSPS) is 17.8. The van der Waals surface area contributed by atoms with Gasteiger partial charge in [-0.3, -0.25) is 9.59 Å². The number of hydrogen-bond acceptors (Lipinski definition) is 5. The molecule has 7 heteroatoms. The summed E-state index contributed by atoms with van der Waals surface area (Å²) in [7, 11) is 3.94. The number of nitrogens with zero attached hydrogens (tertiary/aromatic N) is 2. The van der Waals surface area contributed by atoms with Crippen LogP contribution in [0.3, 0.4) is 0 Å². The van der Waals surface area contributed by atoms with Crippen LogP contribution in [0.4, 0.5) is 0 Å². The van der Waals surface area contributed by atoms with Crippen molar-refractivity contribution in [2.45, 2.75) is 33.2 Å². The minimum absolute atomic E-state index is 0.114. The molecular formula is C27H33BrN2O4. The van der Waals surface area contributed by atoms with Gasteiger partial charge in [-0.2, -0.15) is 0 Å². The number of benzene rings is 2. The number of likely N-dealkylation sites (tertiary alicyclic amines) is 1. The number of amides is 1. The smallest absolute Gasteiger partial charge is 0.295 e. The molecule has 2 aromatic rings. The summed E-state index contributed by atoms with van der Waals surface area (Å²) in [6.45, 7) is 7.85. The van der Waals surface area contributed by atoms with Crippen molar-refractivity contribution >= 4 is 33.4 Å². The lowest BCUT2D eigenvalue weighted by atomic mass is 9.94. The van der Waals surface area contributed by atoms with E-state index < -0.39 is 17.7 Å². The summed E-state index contributed by atoms with van der Waals surface area (Å²) >= 11 is 3.49. The SMILES string of the molecule is Cc1cc(C(O)=C2C(=O)C(=O)N(CCCN(C)C)[C@@H]2c2cccc(Br)c2)ccc1OCC(C)C. The Labute approximate surface area is 210 Å². The van der Waals surface area contributed by atoms with Gasteiger partial charge < -0.3 is 19.6 Å². The lowest BCUT2D eigenvalue weighted by Gasteiger charge is -2.26. The fourth-order valence-corrected chi connectivity index (χ4v) is 4.48. The zero-order valence-corrected chi connectivity index (χ0v) is 22.1. The van der Waals surface area contributed by atoms with E-state index in [1.54, 1.807) is 23.1 Å². The maximum absolute atomic E-state index is 13.2. The van der Waals surface area contributed by atoms with Gasteiger partial charge in [0.2, 0.25) is 0 Å². The third-order valence-corrected chi connectivity index (χ3v) is 6.22. The predicted octanol–water partition coefficient (Wildman–Crippen LogP) is 5.17. The van der Waals surface area contributed by atoms with Crippen molar-refractivity contribution < 1.29 is 19.4 Å². The number of aryl methyl sites for hydroxylation is 1. The van der Waals surface area contributed by atoms with Gasteiger partial charge in [-0.05, 0) is 81.4 Å². The first kappa shape index (κ1) is 26.0. The van der Waals surface area contributed by atoms with E-state index in [1.807, 2.05) is 50.2 Å². The number of halogens is 1. The molecular weight excluding hydrogens is 496 g/mol. The Morgan fingerprint density at radius 1 is 1.18 bits per heavy atom. The molecule has 0 spiro atoms. The monoisotopic (exact) mass is 528 g/mol. The van der Waals surface area contributed by atoms with Crippen molar-refractivity contribution in [3.8, 4) is 5.75 Å². The van der Waals surface area contributed by atoms with Crippen molar-refractivity contribution in [1.82, 2.24) is 9.80 Å². The Balaban J connectivity index is 2.04. The molecule has 1 heterocycles. The van der Waals surface area contributed by atoms with Crippen LogP contribution in [-0.2, 0) is 9.59 Å². The number of ketones is 1. The minimum Gasteiger partial charge on any atom is -0.507 e. The maximum atomic E-state index is 13.2. The van der Waals surface area contributed by atoms with Crippen LogP contribution in [0, 0.1) is 12.8 Å². The molecule has 0 radical (unpaired) electrons. The minimum atomic E-state index is -0.662. The van der Waals surface area contributed by atoms with Crippen LogP contribution in [-0.4, -0.2) is 60.4 Å². The van der Waals surface area contributed by atoms with Crippen molar-refractivity contribution in [1.29, 1.82) is 0 Å². The number of rotatable bonds is 9. The standard InChI is InChI=1S/C27H33BrN2O4/c1-17(2)16-34-22-11-10-20(14-18(22)3)25(31)23-24(19-8-6-9-21(28)15-19)30(27(33)26(23)32)13-7-12-29(4)5/h6,8-11,14-15,17,24,31H,7,12-13,16H2,1-5H3/t24-/m1/s1. The fourth-order valence-electron chi connectivity index (χ4n) is 4.06. The first-order chi connectivity index (χ1) is 16.1. The number of aliphatic hydroxyl groups is 1. The topological polar surface area (TPSA) is 70.1 Å². The molecule has 0 bridgehead atoms. The number of aliphatic hydroxyl groups excluding tert-OH is 1. The lowest BCUT2D eigenvalue weighted by Crippen LogP contribution is -2.32. The molecule has 1 saturated heterocycles. The summed E-state index contributed by atoms with van der Waals surface area (Å²) in [5.41, 5.74) is 2.22. The molecule has 1 aliphatic heterocycles. The number of Topliss-reactive ketones (excluding diaryl/α,β-unsaturated/α-hetero) is 1. The Bertz CT molecular complexity index is 1090. The molecule has 6 nitrogen and oxygen atoms in total. The highest BCUT2D eigenvalue weighted by Crippen LogP contribution is 2.40. The summed E-state index contributed by atoms with van der Waals surface area (Å²) in [6.07, 6.45) is 0.714. The number of ether oxygens (including phenoxy) is 1. The summed E-state index contributed by atoms with van der Waals surface area (Å²) in [6, 6.07) is 12.2. The fraction of sp³-hybridized carbons (Fsp3) is 0.407. The molecule has 1 aliphatic rings. The van der Waals surface area contributed by atoms with Gasteiger partial charge in [0.25, 0.3) is 11.7 Å². The van der Waals surface area contributed by atoms with Crippen LogP contribution in [0.15, 0.2) is 52.5 Å². The zero-order chi connectivity index (χ0) is 25.0. The lowest BCUT2D eigenvalue weighted by molar-refractivity contribution is -0.139. The van der Waals surface area contributed by atoms with E-state index in [0.717, 1.165) is 27.9 Å². The second-order valence-electron chi connectivity index (χ2n) is 9.39. The highest BCUT2D eigenvalue weighted by molar-refractivity contribution is 9.10. The summed E-state index contributed by atoms with van der Waals surface area (Å²) in [4.78, 5) is 29.8. The predicted molar refractivity (Wildman–Crippen MR) is 138 cm³/mol. The van der Waals surface area contributed by atoms with Gasteiger partial charge in [0, 0.05) is 16.6 Å². The summed E-state index contributed by atoms with van der Waals surface area (Å²) < 4.78 is 6.68. The largest absolute Gasteiger partial charge is 0.507 e. The van der Waals surface area contributed by atoms with Crippen LogP contribution in [0.2, 0.25) is 0 Å². The van der Waals surface area contributed by atoms with Crippen LogP contribution in [0.1, 0.15) is 43.0 Å². The molecule has 1 fully saturated rings. The Kier molecular flexibility index (Phi) is 8.55. The zero-order valence-electron chi connectivity index (χ0n) is 20.5. The highest BCUT2D eigenvalue weighted by Gasteiger charge is 2.45. The Hall–Kier alpha value is -2.64. The summed E-state index contributed by atoms with van der Waals surface area (Å²) in [5.74, 6) is -0.292. The molecule has 182 valence electrons. The van der Waals surface area contributed by atoms with Gasteiger partial charge in [0.15, 0.2) is 0 Å². The van der Waals surface area contributed by atoms with E-state index in [4.69, 9.17) is 4.74 Å². The van der Waals surface area contributed by atoms with Crippen molar-refractivity contribution in [2.24, 2.45) is 5.92 Å². The second kappa shape index (κ2) is 11.2. The Morgan fingerprint density at radius 2 is 1.91 bits per heavy atom.